The molecule has 1 fully saturated rings. The number of halogens is 2. The van der Waals surface area contributed by atoms with Crippen molar-refractivity contribution in [3.8, 4) is 0 Å². The molecule has 0 spiro atoms. The minimum atomic E-state index is -0.771. The van der Waals surface area contributed by atoms with Crippen LogP contribution in [0.1, 0.15) is 16.8 Å². The first-order valence-electron chi connectivity index (χ1n) is 6.45. The first-order chi connectivity index (χ1) is 10.0. The van der Waals surface area contributed by atoms with Crippen LogP contribution in [0.4, 0.5) is 5.69 Å². The minimum Gasteiger partial charge on any atom is -0.381 e. The summed E-state index contributed by atoms with van der Waals surface area (Å²) in [4.78, 5) is 37.4. The average Bonchev–Trinajstić information content (AvgIpc) is 3.06. The van der Waals surface area contributed by atoms with Gasteiger partial charge in [0.1, 0.15) is 0 Å². The van der Waals surface area contributed by atoms with Crippen LogP contribution in [-0.4, -0.2) is 37.2 Å². The molecule has 1 saturated heterocycles. The van der Waals surface area contributed by atoms with Gasteiger partial charge in [-0.3, -0.25) is 19.3 Å². The van der Waals surface area contributed by atoms with Crippen LogP contribution in [0, 0.1) is 5.92 Å². The molecule has 0 aromatic heterocycles. The maximum atomic E-state index is 12.2. The zero-order valence-electron chi connectivity index (χ0n) is 10.9. The summed E-state index contributed by atoms with van der Waals surface area (Å²) < 4.78 is 5.16. The number of carbonyl (C=O) groups is 3. The molecule has 2 aliphatic heterocycles. The van der Waals surface area contributed by atoms with Crippen molar-refractivity contribution in [3.63, 3.8) is 0 Å². The zero-order chi connectivity index (χ0) is 15.1. The van der Waals surface area contributed by atoms with E-state index in [0.717, 1.165) is 4.90 Å². The highest BCUT2D eigenvalue weighted by molar-refractivity contribution is 6.57. The number of ketones is 2. The van der Waals surface area contributed by atoms with Crippen LogP contribution in [0.25, 0.3) is 0 Å². The number of Topliss-reactive ketones (excluding diaryl/α,β-unsaturated/α-hetero) is 2. The molecule has 0 radical (unpaired) electrons. The Kier molecular flexibility index (Phi) is 3.73. The van der Waals surface area contributed by atoms with Crippen LogP contribution in [0.3, 0.4) is 0 Å². The van der Waals surface area contributed by atoms with E-state index in [1.54, 1.807) is 0 Å². The Balaban J connectivity index is 1.94. The Morgan fingerprint density at radius 3 is 2.67 bits per heavy atom. The van der Waals surface area contributed by atoms with Crippen molar-refractivity contribution in [3.05, 3.63) is 27.7 Å². The fourth-order valence-corrected chi connectivity index (χ4v) is 3.07. The third-order valence-electron chi connectivity index (χ3n) is 3.71. The van der Waals surface area contributed by atoms with E-state index in [4.69, 9.17) is 27.9 Å². The standard InChI is InChI=1S/C14H11Cl2NO4/c15-8-1-2-9(16)12-11(8)13(19)14(20)17(12)5-10(18)7-3-4-21-6-7/h1-2,7H,3-6H2. The highest BCUT2D eigenvalue weighted by Crippen LogP contribution is 2.40. The number of hydrogen-bond donors (Lipinski definition) is 0. The number of nitrogens with zero attached hydrogens (tertiary/aromatic N) is 1. The van der Waals surface area contributed by atoms with Gasteiger partial charge in [-0.1, -0.05) is 23.2 Å². The molecule has 1 unspecified atom stereocenters. The second-order valence-corrected chi connectivity index (χ2v) is 5.81. The summed E-state index contributed by atoms with van der Waals surface area (Å²) in [5, 5.41) is 0.385. The van der Waals surface area contributed by atoms with E-state index in [9.17, 15) is 14.4 Å². The third kappa shape index (κ3) is 2.35. The highest BCUT2D eigenvalue weighted by atomic mass is 35.5. The summed E-state index contributed by atoms with van der Waals surface area (Å²) in [5.41, 5.74) is 0.302. The molecule has 0 aliphatic carbocycles. The van der Waals surface area contributed by atoms with E-state index >= 15 is 0 Å². The van der Waals surface area contributed by atoms with Gasteiger partial charge >= 0.3 is 0 Å². The number of ether oxygens (including phenoxy) is 1. The smallest absolute Gasteiger partial charge is 0.299 e. The summed E-state index contributed by atoms with van der Waals surface area (Å²) in [6, 6.07) is 2.97. The third-order valence-corrected chi connectivity index (χ3v) is 4.33. The Morgan fingerprint density at radius 2 is 2.00 bits per heavy atom. The molecule has 1 aromatic rings. The molecule has 1 atom stereocenters. The molecule has 0 saturated carbocycles. The van der Waals surface area contributed by atoms with Crippen molar-refractivity contribution in [1.82, 2.24) is 0 Å². The maximum absolute atomic E-state index is 12.2. The SMILES string of the molecule is O=C1C(=O)N(CC(=O)C2CCOC2)c2c(Cl)ccc(Cl)c21. The first kappa shape index (κ1) is 14.5. The van der Waals surface area contributed by atoms with E-state index in [1.165, 1.54) is 12.1 Å². The lowest BCUT2D eigenvalue weighted by Crippen LogP contribution is -2.37. The summed E-state index contributed by atoms with van der Waals surface area (Å²) in [7, 11) is 0. The van der Waals surface area contributed by atoms with Gasteiger partial charge < -0.3 is 4.74 Å². The van der Waals surface area contributed by atoms with Gasteiger partial charge in [0.25, 0.3) is 11.7 Å². The highest BCUT2D eigenvalue weighted by Gasteiger charge is 2.41. The van der Waals surface area contributed by atoms with E-state index < -0.39 is 11.7 Å². The van der Waals surface area contributed by atoms with Gasteiger partial charge in [0, 0.05) is 12.5 Å². The van der Waals surface area contributed by atoms with Crippen molar-refractivity contribution in [1.29, 1.82) is 0 Å². The number of benzene rings is 1. The van der Waals surface area contributed by atoms with Gasteiger partial charge in [-0.15, -0.1) is 0 Å². The predicted molar refractivity (Wildman–Crippen MR) is 77.1 cm³/mol. The second kappa shape index (κ2) is 5.40. The molecular formula is C14H11Cl2NO4. The van der Waals surface area contributed by atoms with Crippen molar-refractivity contribution < 1.29 is 19.1 Å². The van der Waals surface area contributed by atoms with E-state index in [-0.39, 0.29) is 39.5 Å². The second-order valence-electron chi connectivity index (χ2n) is 5.00. The number of carbonyl (C=O) groups excluding carboxylic acids is 3. The predicted octanol–water partition coefficient (Wildman–Crippen LogP) is 2.13. The van der Waals surface area contributed by atoms with Crippen molar-refractivity contribution >= 4 is 46.4 Å². The fourth-order valence-electron chi connectivity index (χ4n) is 2.58. The van der Waals surface area contributed by atoms with Crippen molar-refractivity contribution in [2.45, 2.75) is 6.42 Å². The normalized spacial score (nSPS) is 21.0. The van der Waals surface area contributed by atoms with Crippen LogP contribution in [-0.2, 0) is 14.3 Å². The van der Waals surface area contributed by atoms with E-state index in [0.29, 0.717) is 19.6 Å². The number of hydrogen-bond acceptors (Lipinski definition) is 4. The topological polar surface area (TPSA) is 63.7 Å². The zero-order valence-corrected chi connectivity index (χ0v) is 12.4. The Bertz CT molecular complexity index is 653. The van der Waals surface area contributed by atoms with E-state index in [1.807, 2.05) is 0 Å². The van der Waals surface area contributed by atoms with Gasteiger partial charge in [-0.2, -0.15) is 0 Å². The number of anilines is 1. The summed E-state index contributed by atoms with van der Waals surface area (Å²) in [5.74, 6) is -1.88. The number of fused-ring (bicyclic) bond motifs is 1. The minimum absolute atomic E-state index is 0.0737. The van der Waals surface area contributed by atoms with Crippen LogP contribution >= 0.6 is 23.2 Å². The molecule has 1 amide bonds. The summed E-state index contributed by atoms with van der Waals surface area (Å²) >= 11 is 12.0. The fraction of sp³-hybridized carbons (Fsp3) is 0.357. The van der Waals surface area contributed by atoms with Crippen LogP contribution in [0.15, 0.2) is 12.1 Å². The number of amides is 1. The lowest BCUT2D eigenvalue weighted by Gasteiger charge is -2.18. The lowest BCUT2D eigenvalue weighted by atomic mass is 10.0. The van der Waals surface area contributed by atoms with Gasteiger partial charge in [0.15, 0.2) is 5.78 Å². The molecule has 1 aromatic carbocycles. The Labute approximate surface area is 130 Å². The van der Waals surface area contributed by atoms with Crippen molar-refractivity contribution in [2.75, 3.05) is 24.7 Å². The van der Waals surface area contributed by atoms with Crippen molar-refractivity contribution in [2.24, 2.45) is 5.92 Å². The van der Waals surface area contributed by atoms with Crippen LogP contribution in [0.2, 0.25) is 10.0 Å². The van der Waals surface area contributed by atoms with Gasteiger partial charge in [-0.25, -0.2) is 0 Å². The Hall–Kier alpha value is -1.43. The molecule has 2 aliphatic rings. The summed E-state index contributed by atoms with van der Waals surface area (Å²) in [6.07, 6.45) is 0.630. The maximum Gasteiger partial charge on any atom is 0.299 e. The molecule has 5 nitrogen and oxygen atoms in total. The molecule has 0 N–H and O–H groups in total. The lowest BCUT2D eigenvalue weighted by molar-refractivity contribution is -0.123. The van der Waals surface area contributed by atoms with Crippen LogP contribution in [0.5, 0.6) is 0 Å². The van der Waals surface area contributed by atoms with Crippen LogP contribution < -0.4 is 4.90 Å². The molecule has 2 heterocycles. The van der Waals surface area contributed by atoms with Gasteiger partial charge in [0.2, 0.25) is 0 Å². The quantitative estimate of drug-likeness (QED) is 0.798. The summed E-state index contributed by atoms with van der Waals surface area (Å²) in [6.45, 7) is 0.697. The molecule has 0 bridgehead atoms. The largest absolute Gasteiger partial charge is 0.381 e. The number of rotatable bonds is 3. The molecule has 21 heavy (non-hydrogen) atoms. The van der Waals surface area contributed by atoms with E-state index in [2.05, 4.69) is 0 Å². The average molecular weight is 328 g/mol. The molecule has 7 heteroatoms. The first-order valence-corrected chi connectivity index (χ1v) is 7.21. The van der Waals surface area contributed by atoms with Gasteiger partial charge in [-0.05, 0) is 18.6 Å². The Morgan fingerprint density at radius 1 is 1.29 bits per heavy atom. The molecular weight excluding hydrogens is 317 g/mol. The monoisotopic (exact) mass is 327 g/mol. The molecule has 3 rings (SSSR count). The molecule has 110 valence electrons. The van der Waals surface area contributed by atoms with Gasteiger partial charge in [0.05, 0.1) is 34.4 Å².